The van der Waals surface area contributed by atoms with Crippen LogP contribution >= 0.6 is 0 Å². The molecule has 1 aromatic rings. The van der Waals surface area contributed by atoms with Crippen LogP contribution < -0.4 is 0 Å². The second kappa shape index (κ2) is 3.47. The van der Waals surface area contributed by atoms with Gasteiger partial charge in [-0.05, 0) is 12.0 Å². The number of ketones is 1. The second-order valence-corrected chi connectivity index (χ2v) is 2.58. The fraction of sp³-hybridized carbons (Fsp3) is 0.222. The number of rotatable bonds is 0. The van der Waals surface area contributed by atoms with E-state index in [1.807, 2.05) is 24.3 Å². The molecule has 0 unspecified atom stereocenters. The van der Waals surface area contributed by atoms with Crippen molar-refractivity contribution in [2.45, 2.75) is 12.8 Å². The molecule has 0 atom stereocenters. The van der Waals surface area contributed by atoms with Crippen molar-refractivity contribution in [1.82, 2.24) is 0 Å². The van der Waals surface area contributed by atoms with Gasteiger partial charge in [-0.1, -0.05) is 24.3 Å². The predicted octanol–water partition coefficient (Wildman–Crippen LogP) is 0.899. The molecule has 2 rings (SSSR count). The molecule has 0 heterocycles. The topological polar surface area (TPSA) is 17.1 Å². The molecule has 0 aliphatic heterocycles. The molecule has 0 N–H and O–H groups in total. The second-order valence-electron chi connectivity index (χ2n) is 2.58. The number of carbonyl (C=O) groups excluding carboxylic acids is 1. The summed E-state index contributed by atoms with van der Waals surface area (Å²) in [5, 5.41) is 0. The summed E-state index contributed by atoms with van der Waals surface area (Å²) < 4.78 is 0. The van der Waals surface area contributed by atoms with Gasteiger partial charge in [-0.2, -0.15) is 0 Å². The summed E-state index contributed by atoms with van der Waals surface area (Å²) in [5.74, 6) is 0.301. The predicted molar refractivity (Wildman–Crippen MR) is 47.6 cm³/mol. The fourth-order valence-electron chi connectivity index (χ4n) is 1.39. The number of hydrogen-bond donors (Lipinski definition) is 0. The standard InChI is InChI=1S/C9H8O.Pb.2H/c10-9-6-5-7-3-1-2-4-8(7)9;;;/h1-4H,5-6H2;;;. The Kier molecular flexibility index (Phi) is 2.81. The van der Waals surface area contributed by atoms with Gasteiger partial charge in [-0.3, -0.25) is 4.79 Å². The van der Waals surface area contributed by atoms with E-state index in [0.29, 0.717) is 12.2 Å². The number of benzene rings is 1. The summed E-state index contributed by atoms with van der Waals surface area (Å²) in [5.41, 5.74) is 2.15. The summed E-state index contributed by atoms with van der Waals surface area (Å²) >= 11 is 0. The summed E-state index contributed by atoms with van der Waals surface area (Å²) in [6.07, 6.45) is 1.65. The van der Waals surface area contributed by atoms with Crippen molar-refractivity contribution < 1.29 is 4.79 Å². The van der Waals surface area contributed by atoms with Crippen molar-refractivity contribution in [3.63, 3.8) is 0 Å². The third-order valence-electron chi connectivity index (χ3n) is 1.94. The molecule has 2 radical (unpaired) electrons. The minimum absolute atomic E-state index is 0. The first kappa shape index (κ1) is 8.90. The average molecular weight is 341 g/mol. The Balaban J connectivity index is 0.000000605. The molecule has 2 heteroatoms. The van der Waals surface area contributed by atoms with E-state index in [0.717, 1.165) is 12.0 Å². The number of aryl methyl sites for hydroxylation is 1. The fourth-order valence-corrected chi connectivity index (χ4v) is 1.39. The van der Waals surface area contributed by atoms with Crippen LogP contribution in [0.15, 0.2) is 24.3 Å². The molecule has 11 heavy (non-hydrogen) atoms. The monoisotopic (exact) mass is 342 g/mol. The Labute approximate surface area is 86.0 Å². The van der Waals surface area contributed by atoms with Gasteiger partial charge in [0.15, 0.2) is 5.78 Å². The molecule has 1 aromatic carbocycles. The molecule has 0 bridgehead atoms. The molecule has 1 nitrogen and oxygen atoms in total. The molecule has 0 spiro atoms. The maximum atomic E-state index is 11.1. The van der Waals surface area contributed by atoms with Crippen LogP contribution in [0.5, 0.6) is 0 Å². The Hall–Kier alpha value is -0.188. The van der Waals surface area contributed by atoms with Gasteiger partial charge in [0.25, 0.3) is 0 Å². The molecule has 56 valence electrons. The Morgan fingerprint density at radius 2 is 1.82 bits per heavy atom. The van der Waals surface area contributed by atoms with Crippen LogP contribution in [0.1, 0.15) is 22.3 Å². The zero-order valence-electron chi connectivity index (χ0n) is 6.34. The van der Waals surface area contributed by atoms with E-state index < -0.39 is 0 Å². The van der Waals surface area contributed by atoms with Gasteiger partial charge in [0, 0.05) is 12.0 Å². The van der Waals surface area contributed by atoms with Crippen molar-refractivity contribution in [2.24, 2.45) is 0 Å². The molecule has 0 saturated heterocycles. The van der Waals surface area contributed by atoms with Gasteiger partial charge in [0.05, 0.1) is 0 Å². The first-order valence-electron chi connectivity index (χ1n) is 3.49. The van der Waals surface area contributed by atoms with Crippen molar-refractivity contribution >= 4 is 33.1 Å². The molecule has 0 saturated carbocycles. The van der Waals surface area contributed by atoms with Crippen LogP contribution in [0.2, 0.25) is 0 Å². The average Bonchev–Trinajstić information content (AvgIpc) is 2.34. The molecule has 1 aliphatic carbocycles. The Morgan fingerprint density at radius 1 is 1.09 bits per heavy atom. The van der Waals surface area contributed by atoms with Gasteiger partial charge in [0.2, 0.25) is 0 Å². The molecule has 1 aliphatic rings. The van der Waals surface area contributed by atoms with Gasteiger partial charge in [-0.15, -0.1) is 0 Å². The molecule has 0 fully saturated rings. The number of carbonyl (C=O) groups is 1. The van der Waals surface area contributed by atoms with E-state index >= 15 is 0 Å². The number of hydrogen-bond acceptors (Lipinski definition) is 1. The summed E-state index contributed by atoms with van der Waals surface area (Å²) in [4.78, 5) is 11.1. The summed E-state index contributed by atoms with van der Waals surface area (Å²) in [7, 11) is 0. The van der Waals surface area contributed by atoms with E-state index in [1.165, 1.54) is 5.56 Å². The van der Waals surface area contributed by atoms with Crippen molar-refractivity contribution in [1.29, 1.82) is 0 Å². The van der Waals surface area contributed by atoms with Crippen LogP contribution in [-0.4, -0.2) is 33.1 Å². The van der Waals surface area contributed by atoms with Crippen LogP contribution in [-0.2, 0) is 6.42 Å². The SMILES string of the molecule is O=C1CCc2ccccc21.[PbH2]. The van der Waals surface area contributed by atoms with Gasteiger partial charge >= 0.3 is 27.3 Å². The number of fused-ring (bicyclic) bond motifs is 1. The number of Topliss-reactive ketones (excluding diaryl/α,β-unsaturated/α-hetero) is 1. The summed E-state index contributed by atoms with van der Waals surface area (Å²) in [6, 6.07) is 7.84. The van der Waals surface area contributed by atoms with E-state index in [9.17, 15) is 4.79 Å². The van der Waals surface area contributed by atoms with Gasteiger partial charge in [-0.25, -0.2) is 0 Å². The quantitative estimate of drug-likeness (QED) is 0.641. The van der Waals surface area contributed by atoms with Crippen molar-refractivity contribution in [3.8, 4) is 0 Å². The van der Waals surface area contributed by atoms with E-state index in [-0.39, 0.29) is 27.3 Å². The third-order valence-corrected chi connectivity index (χ3v) is 1.94. The molecular weight excluding hydrogens is 331 g/mol. The molecule has 0 amide bonds. The van der Waals surface area contributed by atoms with Crippen LogP contribution in [0.25, 0.3) is 0 Å². The Morgan fingerprint density at radius 3 is 2.55 bits per heavy atom. The molecular formula is C9H10OPb. The first-order chi connectivity index (χ1) is 4.88. The zero-order chi connectivity index (χ0) is 6.97. The Bertz CT molecular complexity index is 281. The minimum atomic E-state index is 0. The van der Waals surface area contributed by atoms with E-state index in [2.05, 4.69) is 0 Å². The third kappa shape index (κ3) is 1.53. The van der Waals surface area contributed by atoms with Crippen LogP contribution in [0.3, 0.4) is 0 Å². The van der Waals surface area contributed by atoms with Gasteiger partial charge < -0.3 is 0 Å². The normalized spacial score (nSPS) is 14.0. The van der Waals surface area contributed by atoms with Crippen LogP contribution in [0, 0.1) is 0 Å². The molecule has 0 aromatic heterocycles. The van der Waals surface area contributed by atoms with Crippen LogP contribution in [0.4, 0.5) is 0 Å². The van der Waals surface area contributed by atoms with Gasteiger partial charge in [0.1, 0.15) is 0 Å². The maximum absolute atomic E-state index is 11.1. The van der Waals surface area contributed by atoms with E-state index in [1.54, 1.807) is 0 Å². The van der Waals surface area contributed by atoms with Crippen molar-refractivity contribution in [2.75, 3.05) is 0 Å². The van der Waals surface area contributed by atoms with E-state index in [4.69, 9.17) is 0 Å². The summed E-state index contributed by atoms with van der Waals surface area (Å²) in [6.45, 7) is 0. The van der Waals surface area contributed by atoms with Crippen molar-refractivity contribution in [3.05, 3.63) is 35.4 Å². The first-order valence-corrected chi connectivity index (χ1v) is 3.49. The zero-order valence-corrected chi connectivity index (χ0v) is 11.8.